The van der Waals surface area contributed by atoms with E-state index >= 15 is 0 Å². The van der Waals surface area contributed by atoms with E-state index in [1.807, 2.05) is 0 Å². The third-order valence-corrected chi connectivity index (χ3v) is 2.03. The maximum Gasteiger partial charge on any atom is 0.319 e. The Morgan fingerprint density at radius 2 is 2.00 bits per heavy atom. The van der Waals surface area contributed by atoms with E-state index in [-0.39, 0.29) is 0 Å². The fourth-order valence-corrected chi connectivity index (χ4v) is 1.24. The van der Waals surface area contributed by atoms with Crippen molar-refractivity contribution in [1.29, 1.82) is 0 Å². The first kappa shape index (κ1) is 8.40. The summed E-state index contributed by atoms with van der Waals surface area (Å²) in [5.41, 5.74) is 0. The second-order valence-electron chi connectivity index (χ2n) is 2.18. The van der Waals surface area contributed by atoms with Gasteiger partial charge in [0.1, 0.15) is 5.75 Å². The van der Waals surface area contributed by atoms with Crippen LogP contribution in [0.15, 0.2) is 24.3 Å². The molecule has 0 aliphatic carbocycles. The van der Waals surface area contributed by atoms with Gasteiger partial charge in [0.2, 0.25) is 0 Å². The molecule has 0 saturated heterocycles. The molecule has 0 unspecified atom stereocenters. The van der Waals surface area contributed by atoms with Crippen molar-refractivity contribution in [3.63, 3.8) is 0 Å². The molecule has 1 heterocycles. The zero-order chi connectivity index (χ0) is 9.10. The molecule has 4 nitrogen and oxygen atoms in total. The van der Waals surface area contributed by atoms with Crippen molar-refractivity contribution in [3.05, 3.63) is 29.3 Å². The van der Waals surface area contributed by atoms with Gasteiger partial charge in [0, 0.05) is 16.6 Å². The van der Waals surface area contributed by atoms with Crippen LogP contribution >= 0.6 is 23.1 Å². The molecule has 2 aromatic rings. The molecule has 0 radical (unpaired) electrons. The molecule has 0 N–H and O–H groups in total. The minimum Gasteiger partial charge on any atom is -0.429 e. The van der Waals surface area contributed by atoms with E-state index in [9.17, 15) is 0 Å². The lowest BCUT2D eigenvalue weighted by Gasteiger charge is -1.98. The first-order valence-electron chi connectivity index (χ1n) is 3.43. The average Bonchev–Trinajstić information content (AvgIpc) is 2.62. The average molecular weight is 214 g/mol. The fourth-order valence-electron chi connectivity index (χ4n) is 0.769. The van der Waals surface area contributed by atoms with Crippen LogP contribution in [0.2, 0.25) is 5.02 Å². The van der Waals surface area contributed by atoms with E-state index in [2.05, 4.69) is 14.8 Å². The molecule has 6 heteroatoms. The van der Waals surface area contributed by atoms with E-state index in [1.165, 1.54) is 0 Å². The molecule has 0 aliphatic rings. The van der Waals surface area contributed by atoms with Crippen molar-refractivity contribution in [2.45, 2.75) is 0 Å². The molecule has 0 amide bonds. The second kappa shape index (κ2) is 3.68. The first-order valence-corrected chi connectivity index (χ1v) is 4.58. The molecule has 0 spiro atoms. The minimum absolute atomic E-state index is 0.419. The highest BCUT2D eigenvalue weighted by molar-refractivity contribution is 7.07. The van der Waals surface area contributed by atoms with Gasteiger partial charge in [-0.1, -0.05) is 21.2 Å². The number of nitrogens with zero attached hydrogens (tertiary/aromatic N) is 3. The van der Waals surface area contributed by atoms with Crippen LogP contribution < -0.4 is 4.74 Å². The molecule has 0 atom stereocenters. The van der Waals surface area contributed by atoms with Gasteiger partial charge in [0.05, 0.1) is 0 Å². The van der Waals surface area contributed by atoms with Crippen LogP contribution in [-0.4, -0.2) is 14.8 Å². The summed E-state index contributed by atoms with van der Waals surface area (Å²) in [6, 6.07) is 6.99. The van der Waals surface area contributed by atoms with Gasteiger partial charge in [-0.05, 0) is 29.5 Å². The third kappa shape index (κ3) is 2.13. The van der Waals surface area contributed by atoms with Crippen molar-refractivity contribution in [2.75, 3.05) is 0 Å². The Morgan fingerprint density at radius 3 is 2.62 bits per heavy atom. The predicted molar refractivity (Wildman–Crippen MR) is 49.2 cm³/mol. The van der Waals surface area contributed by atoms with Crippen molar-refractivity contribution < 1.29 is 4.74 Å². The summed E-state index contributed by atoms with van der Waals surface area (Å²) in [5.74, 6) is 0.669. The number of halogens is 1. The summed E-state index contributed by atoms with van der Waals surface area (Å²) in [6.45, 7) is 0. The lowest BCUT2D eigenvalue weighted by Crippen LogP contribution is -1.82. The van der Waals surface area contributed by atoms with E-state index in [0.29, 0.717) is 16.0 Å². The Morgan fingerprint density at radius 1 is 1.23 bits per heavy atom. The third-order valence-electron chi connectivity index (χ3n) is 1.30. The topological polar surface area (TPSA) is 47.9 Å². The zero-order valence-electron chi connectivity index (χ0n) is 6.35. The fraction of sp³-hybridized carbons (Fsp3) is 0. The largest absolute Gasteiger partial charge is 0.429 e. The van der Waals surface area contributed by atoms with Gasteiger partial charge < -0.3 is 4.74 Å². The molecule has 0 bridgehead atoms. The van der Waals surface area contributed by atoms with Crippen molar-refractivity contribution in [2.24, 2.45) is 0 Å². The first-order chi connectivity index (χ1) is 6.34. The summed E-state index contributed by atoms with van der Waals surface area (Å²) < 4.78 is 8.86. The Kier molecular flexibility index (Phi) is 2.37. The van der Waals surface area contributed by atoms with Crippen LogP contribution in [0.4, 0.5) is 0 Å². The normalized spacial score (nSPS) is 9.92. The molecule has 0 aliphatic heterocycles. The smallest absolute Gasteiger partial charge is 0.319 e. The van der Waals surface area contributed by atoms with Gasteiger partial charge in [-0.25, -0.2) is 0 Å². The van der Waals surface area contributed by atoms with Crippen molar-refractivity contribution in [1.82, 2.24) is 14.8 Å². The van der Waals surface area contributed by atoms with E-state index in [4.69, 9.17) is 16.3 Å². The lowest BCUT2D eigenvalue weighted by molar-refractivity contribution is 0.472. The van der Waals surface area contributed by atoms with Crippen LogP contribution in [-0.2, 0) is 0 Å². The molecular weight excluding hydrogens is 210 g/mol. The number of hydrogen-bond acceptors (Lipinski definition) is 5. The second-order valence-corrected chi connectivity index (χ2v) is 3.32. The molecule has 1 aromatic carbocycles. The standard InChI is InChI=1S/C7H4ClN3OS/c8-5-1-3-6(4-2-5)12-7-9-10-11-13-7/h1-4H. The Hall–Kier alpha value is -1.20. The predicted octanol–water partition coefficient (Wildman–Crippen LogP) is 2.38. The number of ether oxygens (including phenoxy) is 1. The maximum atomic E-state index is 5.70. The number of hydrogen-bond donors (Lipinski definition) is 0. The van der Waals surface area contributed by atoms with Gasteiger partial charge in [-0.2, -0.15) is 0 Å². The number of rotatable bonds is 2. The highest BCUT2D eigenvalue weighted by Gasteiger charge is 2.00. The lowest BCUT2D eigenvalue weighted by atomic mass is 10.3. The van der Waals surface area contributed by atoms with Crippen LogP contribution in [0.3, 0.4) is 0 Å². The summed E-state index contributed by atoms with van der Waals surface area (Å²) >= 11 is 6.79. The molecule has 2 rings (SSSR count). The summed E-state index contributed by atoms with van der Waals surface area (Å²) in [5, 5.41) is 8.13. The summed E-state index contributed by atoms with van der Waals surface area (Å²) in [6.07, 6.45) is 0. The maximum absolute atomic E-state index is 5.70. The highest BCUT2D eigenvalue weighted by atomic mass is 35.5. The van der Waals surface area contributed by atoms with Gasteiger partial charge in [0.15, 0.2) is 0 Å². The summed E-state index contributed by atoms with van der Waals surface area (Å²) in [7, 11) is 0. The zero-order valence-corrected chi connectivity index (χ0v) is 7.92. The van der Waals surface area contributed by atoms with Crippen LogP contribution in [0.25, 0.3) is 0 Å². The van der Waals surface area contributed by atoms with Gasteiger partial charge in [0.25, 0.3) is 0 Å². The minimum atomic E-state index is 0.419. The molecule has 0 fully saturated rings. The van der Waals surface area contributed by atoms with Crippen LogP contribution in [0.5, 0.6) is 10.9 Å². The molecule has 0 saturated carbocycles. The Balaban J connectivity index is 2.15. The van der Waals surface area contributed by atoms with E-state index in [0.717, 1.165) is 11.5 Å². The Bertz CT molecular complexity index is 375. The van der Waals surface area contributed by atoms with Crippen LogP contribution in [0, 0.1) is 0 Å². The monoisotopic (exact) mass is 213 g/mol. The van der Waals surface area contributed by atoms with Crippen LogP contribution in [0.1, 0.15) is 0 Å². The molecule has 13 heavy (non-hydrogen) atoms. The quantitative estimate of drug-likeness (QED) is 0.769. The number of aromatic nitrogens is 3. The van der Waals surface area contributed by atoms with Crippen molar-refractivity contribution >= 4 is 23.1 Å². The van der Waals surface area contributed by atoms with Gasteiger partial charge >= 0.3 is 5.19 Å². The molecular formula is C7H4ClN3OS. The summed E-state index contributed by atoms with van der Waals surface area (Å²) in [4.78, 5) is 0. The SMILES string of the molecule is Clc1ccc(Oc2nnns2)cc1. The molecule has 1 aromatic heterocycles. The van der Waals surface area contributed by atoms with E-state index < -0.39 is 0 Å². The number of benzene rings is 1. The Labute approximate surface area is 83.3 Å². The van der Waals surface area contributed by atoms with Gasteiger partial charge in [-0.15, -0.1) is 0 Å². The van der Waals surface area contributed by atoms with Crippen molar-refractivity contribution in [3.8, 4) is 10.9 Å². The highest BCUT2D eigenvalue weighted by Crippen LogP contribution is 2.22. The van der Waals surface area contributed by atoms with E-state index in [1.54, 1.807) is 24.3 Å². The van der Waals surface area contributed by atoms with Gasteiger partial charge in [-0.3, -0.25) is 0 Å². The molecule has 66 valence electrons.